The molecule has 1 aliphatic carbocycles. The van der Waals surface area contributed by atoms with Crippen molar-refractivity contribution in [3.8, 4) is 0 Å². The van der Waals surface area contributed by atoms with Crippen LogP contribution in [0.3, 0.4) is 0 Å². The molecular formula is C13H21N3OS. The van der Waals surface area contributed by atoms with Crippen LogP contribution < -0.4 is 5.32 Å². The zero-order valence-corrected chi connectivity index (χ0v) is 11.8. The Labute approximate surface area is 113 Å². The molecule has 0 aromatic carbocycles. The minimum atomic E-state index is -0.169. The van der Waals surface area contributed by atoms with Gasteiger partial charge >= 0.3 is 0 Å². The average Bonchev–Trinajstić information content (AvgIpc) is 3.13. The van der Waals surface area contributed by atoms with Gasteiger partial charge in [-0.05, 0) is 39.2 Å². The Hall–Kier alpha value is -0.650. The number of aromatic nitrogens is 2. The molecule has 1 aromatic heterocycles. The molecule has 1 saturated carbocycles. The first kappa shape index (κ1) is 13.8. The van der Waals surface area contributed by atoms with Gasteiger partial charge in [-0.3, -0.25) is 0 Å². The van der Waals surface area contributed by atoms with Crippen LogP contribution in [-0.2, 0) is 0 Å². The highest BCUT2D eigenvalue weighted by Crippen LogP contribution is 2.25. The predicted octanol–water partition coefficient (Wildman–Crippen LogP) is 1.77. The lowest BCUT2D eigenvalue weighted by Gasteiger charge is -2.28. The lowest BCUT2D eigenvalue weighted by atomic mass is 10.0. The fraction of sp³-hybridized carbons (Fsp3) is 0.692. The number of thioether (sulfide) groups is 1. The molecule has 2 rings (SSSR count). The summed E-state index contributed by atoms with van der Waals surface area (Å²) in [6.07, 6.45) is 5.19. The minimum absolute atomic E-state index is 0.169. The molecule has 1 aromatic rings. The highest BCUT2D eigenvalue weighted by atomic mass is 32.2. The third kappa shape index (κ3) is 4.23. The Bertz CT molecular complexity index is 398. The molecule has 1 fully saturated rings. The second-order valence-corrected chi connectivity index (χ2v) is 6.28. The largest absolute Gasteiger partial charge is 0.394 e. The van der Waals surface area contributed by atoms with E-state index in [4.69, 9.17) is 0 Å². The molecular weight excluding hydrogens is 246 g/mol. The van der Waals surface area contributed by atoms with E-state index in [0.29, 0.717) is 6.04 Å². The summed E-state index contributed by atoms with van der Waals surface area (Å²) in [7, 11) is 0. The molecule has 0 radical (unpaired) electrons. The number of aryl methyl sites for hydroxylation is 1. The summed E-state index contributed by atoms with van der Waals surface area (Å²) < 4.78 is 0. The fourth-order valence-corrected chi connectivity index (χ4v) is 2.86. The van der Waals surface area contributed by atoms with Crippen molar-refractivity contribution in [3.63, 3.8) is 0 Å². The van der Waals surface area contributed by atoms with Gasteiger partial charge in [0.25, 0.3) is 0 Å². The van der Waals surface area contributed by atoms with Crippen molar-refractivity contribution in [1.29, 1.82) is 0 Å². The third-order valence-corrected chi connectivity index (χ3v) is 4.00. The van der Waals surface area contributed by atoms with Crippen LogP contribution in [0.1, 0.15) is 31.9 Å². The maximum Gasteiger partial charge on any atom is 0.187 e. The SMILES string of the molecule is Cc1ccnc(SCCC(C)(CO)NC2CC2)n1. The highest BCUT2D eigenvalue weighted by Gasteiger charge is 2.31. The standard InChI is InChI=1S/C13H21N3OS/c1-10-5-7-14-12(15-10)18-8-6-13(2,9-17)16-11-3-4-11/h5,7,11,16-17H,3-4,6,8-9H2,1-2H3. The lowest BCUT2D eigenvalue weighted by molar-refractivity contribution is 0.169. The Kier molecular flexibility index (Phi) is 4.59. The maximum absolute atomic E-state index is 9.50. The summed E-state index contributed by atoms with van der Waals surface area (Å²) in [6, 6.07) is 2.51. The molecule has 5 heteroatoms. The van der Waals surface area contributed by atoms with E-state index in [1.807, 2.05) is 13.0 Å². The fourth-order valence-electron chi connectivity index (χ4n) is 1.78. The van der Waals surface area contributed by atoms with Crippen LogP contribution >= 0.6 is 11.8 Å². The van der Waals surface area contributed by atoms with Crippen LogP contribution in [0, 0.1) is 6.92 Å². The number of nitrogens with one attached hydrogen (secondary N) is 1. The Morgan fingerprint density at radius 3 is 2.94 bits per heavy atom. The second kappa shape index (κ2) is 5.99. The molecule has 0 bridgehead atoms. The first-order valence-electron chi connectivity index (χ1n) is 6.42. The number of hydrogen-bond donors (Lipinski definition) is 2. The van der Waals surface area contributed by atoms with Gasteiger partial charge in [0.05, 0.1) is 6.61 Å². The van der Waals surface area contributed by atoms with E-state index in [-0.39, 0.29) is 12.1 Å². The summed E-state index contributed by atoms with van der Waals surface area (Å²) in [5, 5.41) is 13.8. The van der Waals surface area contributed by atoms with Gasteiger partial charge in [0.1, 0.15) is 0 Å². The van der Waals surface area contributed by atoms with E-state index >= 15 is 0 Å². The van der Waals surface area contributed by atoms with Gasteiger partial charge < -0.3 is 10.4 Å². The Morgan fingerprint density at radius 2 is 2.33 bits per heavy atom. The van der Waals surface area contributed by atoms with Gasteiger partial charge in [0.15, 0.2) is 5.16 Å². The van der Waals surface area contributed by atoms with Crippen molar-refractivity contribution in [2.45, 2.75) is 49.8 Å². The molecule has 100 valence electrons. The van der Waals surface area contributed by atoms with Gasteiger partial charge in [0, 0.05) is 29.2 Å². The van der Waals surface area contributed by atoms with Crippen molar-refractivity contribution in [2.24, 2.45) is 0 Å². The number of rotatable bonds is 7. The van der Waals surface area contributed by atoms with Crippen LogP contribution in [0.4, 0.5) is 0 Å². The molecule has 1 aliphatic rings. The molecule has 4 nitrogen and oxygen atoms in total. The van der Waals surface area contributed by atoms with E-state index in [0.717, 1.165) is 23.0 Å². The smallest absolute Gasteiger partial charge is 0.187 e. The third-order valence-electron chi connectivity index (χ3n) is 3.14. The van der Waals surface area contributed by atoms with Crippen molar-refractivity contribution >= 4 is 11.8 Å². The molecule has 1 heterocycles. The van der Waals surface area contributed by atoms with Gasteiger partial charge in [-0.15, -0.1) is 0 Å². The van der Waals surface area contributed by atoms with Crippen LogP contribution in [0.15, 0.2) is 17.4 Å². The van der Waals surface area contributed by atoms with Gasteiger partial charge in [0.2, 0.25) is 0 Å². The van der Waals surface area contributed by atoms with Crippen molar-refractivity contribution in [2.75, 3.05) is 12.4 Å². The van der Waals surface area contributed by atoms with E-state index in [1.165, 1.54) is 12.8 Å². The zero-order chi connectivity index (χ0) is 13.0. The summed E-state index contributed by atoms with van der Waals surface area (Å²) in [5.74, 6) is 0.917. The molecule has 1 unspecified atom stereocenters. The molecule has 0 spiro atoms. The molecule has 0 amide bonds. The van der Waals surface area contributed by atoms with Gasteiger partial charge in [-0.1, -0.05) is 11.8 Å². The maximum atomic E-state index is 9.50. The van der Waals surface area contributed by atoms with E-state index in [9.17, 15) is 5.11 Å². The van der Waals surface area contributed by atoms with E-state index < -0.39 is 0 Å². The van der Waals surface area contributed by atoms with E-state index in [2.05, 4.69) is 22.2 Å². The summed E-state index contributed by atoms with van der Waals surface area (Å²) in [5.41, 5.74) is 0.825. The van der Waals surface area contributed by atoms with Gasteiger partial charge in [-0.25, -0.2) is 9.97 Å². The van der Waals surface area contributed by atoms with Crippen molar-refractivity contribution in [3.05, 3.63) is 18.0 Å². The van der Waals surface area contributed by atoms with E-state index in [1.54, 1.807) is 18.0 Å². The first-order chi connectivity index (χ1) is 8.61. The quantitative estimate of drug-likeness (QED) is 0.582. The molecule has 18 heavy (non-hydrogen) atoms. The van der Waals surface area contributed by atoms with Crippen LogP contribution in [0.25, 0.3) is 0 Å². The molecule has 0 aliphatic heterocycles. The minimum Gasteiger partial charge on any atom is -0.394 e. The number of aliphatic hydroxyl groups is 1. The highest BCUT2D eigenvalue weighted by molar-refractivity contribution is 7.99. The second-order valence-electron chi connectivity index (χ2n) is 5.22. The van der Waals surface area contributed by atoms with Crippen molar-refractivity contribution < 1.29 is 5.11 Å². The van der Waals surface area contributed by atoms with Crippen LogP contribution in [0.2, 0.25) is 0 Å². The number of hydrogen-bond acceptors (Lipinski definition) is 5. The number of aliphatic hydroxyl groups excluding tert-OH is 1. The zero-order valence-electron chi connectivity index (χ0n) is 11.0. The van der Waals surface area contributed by atoms with Crippen molar-refractivity contribution in [1.82, 2.24) is 15.3 Å². The van der Waals surface area contributed by atoms with Gasteiger partial charge in [-0.2, -0.15) is 0 Å². The van der Waals surface area contributed by atoms with Crippen LogP contribution in [-0.4, -0.2) is 39.0 Å². The molecule has 1 atom stereocenters. The summed E-state index contributed by atoms with van der Waals surface area (Å²) in [4.78, 5) is 8.59. The Morgan fingerprint density at radius 1 is 1.56 bits per heavy atom. The predicted molar refractivity (Wildman–Crippen MR) is 73.8 cm³/mol. The topological polar surface area (TPSA) is 58.0 Å². The first-order valence-corrected chi connectivity index (χ1v) is 7.41. The molecule has 0 saturated heterocycles. The monoisotopic (exact) mass is 267 g/mol. The average molecular weight is 267 g/mol. The van der Waals surface area contributed by atoms with Crippen LogP contribution in [0.5, 0.6) is 0 Å². The normalized spacial score (nSPS) is 18.6. The molecule has 2 N–H and O–H groups in total. The summed E-state index contributed by atoms with van der Waals surface area (Å²) >= 11 is 1.65. The lowest BCUT2D eigenvalue weighted by Crippen LogP contribution is -2.47. The summed E-state index contributed by atoms with van der Waals surface area (Å²) in [6.45, 7) is 4.24. The Balaban J connectivity index is 1.79. The number of nitrogens with zero attached hydrogens (tertiary/aromatic N) is 2.